The van der Waals surface area contributed by atoms with E-state index in [0.29, 0.717) is 12.7 Å². The van der Waals surface area contributed by atoms with Gasteiger partial charge >= 0.3 is 0 Å². The van der Waals surface area contributed by atoms with Crippen LogP contribution < -0.4 is 5.32 Å². The molecule has 0 bridgehead atoms. The van der Waals surface area contributed by atoms with Crippen LogP contribution in [0.4, 0.5) is 0 Å². The number of nitrogens with one attached hydrogen (secondary N) is 1. The first-order valence-electron chi connectivity index (χ1n) is 7.27. The Morgan fingerprint density at radius 1 is 1.29 bits per heavy atom. The Kier molecular flexibility index (Phi) is 7.82. The summed E-state index contributed by atoms with van der Waals surface area (Å²) in [6.45, 7) is 6.17. The van der Waals surface area contributed by atoms with Gasteiger partial charge in [-0.3, -0.25) is 0 Å². The summed E-state index contributed by atoms with van der Waals surface area (Å²) in [5.41, 5.74) is 0. The topological polar surface area (TPSA) is 41.5 Å². The van der Waals surface area contributed by atoms with Crippen LogP contribution in [0.5, 0.6) is 0 Å². The van der Waals surface area contributed by atoms with Crippen molar-refractivity contribution in [1.82, 2.24) is 5.32 Å². The lowest BCUT2D eigenvalue weighted by atomic mass is 9.85. The zero-order valence-electron chi connectivity index (χ0n) is 11.5. The molecule has 17 heavy (non-hydrogen) atoms. The van der Waals surface area contributed by atoms with Crippen molar-refractivity contribution in [2.24, 2.45) is 5.92 Å². The van der Waals surface area contributed by atoms with E-state index in [4.69, 9.17) is 4.74 Å². The van der Waals surface area contributed by atoms with Crippen LogP contribution in [0.3, 0.4) is 0 Å². The minimum absolute atomic E-state index is 0.106. The van der Waals surface area contributed by atoms with Crippen LogP contribution in [0.1, 0.15) is 52.4 Å². The Balaban J connectivity index is 2.26. The summed E-state index contributed by atoms with van der Waals surface area (Å²) in [5, 5.41) is 12.6. The zero-order chi connectivity index (χ0) is 12.5. The van der Waals surface area contributed by atoms with Crippen LogP contribution in [-0.4, -0.2) is 37.0 Å². The highest BCUT2D eigenvalue weighted by Crippen LogP contribution is 2.29. The molecule has 0 aromatic carbocycles. The smallest absolute Gasteiger partial charge is 0.0646 e. The lowest BCUT2D eigenvalue weighted by Gasteiger charge is -2.32. The van der Waals surface area contributed by atoms with Crippen LogP contribution in [0.15, 0.2) is 0 Å². The molecule has 102 valence electrons. The molecule has 0 radical (unpaired) electrons. The van der Waals surface area contributed by atoms with Crippen molar-refractivity contribution in [3.05, 3.63) is 0 Å². The van der Waals surface area contributed by atoms with Crippen molar-refractivity contribution in [3.8, 4) is 0 Å². The Morgan fingerprint density at radius 2 is 2.06 bits per heavy atom. The number of hydrogen-bond donors (Lipinski definition) is 2. The van der Waals surface area contributed by atoms with Crippen LogP contribution in [0.25, 0.3) is 0 Å². The van der Waals surface area contributed by atoms with Crippen LogP contribution in [0.2, 0.25) is 0 Å². The van der Waals surface area contributed by atoms with E-state index in [2.05, 4.69) is 19.2 Å². The molecule has 0 aromatic heterocycles. The van der Waals surface area contributed by atoms with Gasteiger partial charge in [0.05, 0.1) is 25.4 Å². The minimum atomic E-state index is 0.106. The van der Waals surface area contributed by atoms with E-state index in [1.165, 1.54) is 32.1 Å². The van der Waals surface area contributed by atoms with E-state index in [-0.39, 0.29) is 12.6 Å². The van der Waals surface area contributed by atoms with Crippen LogP contribution >= 0.6 is 0 Å². The maximum Gasteiger partial charge on any atom is 0.0646 e. The first-order valence-corrected chi connectivity index (χ1v) is 7.27. The molecule has 3 unspecified atom stereocenters. The van der Waals surface area contributed by atoms with Gasteiger partial charge in [0.15, 0.2) is 0 Å². The van der Waals surface area contributed by atoms with E-state index < -0.39 is 0 Å². The van der Waals surface area contributed by atoms with Crippen molar-refractivity contribution in [2.45, 2.75) is 64.5 Å². The highest BCUT2D eigenvalue weighted by Gasteiger charge is 2.24. The Labute approximate surface area is 106 Å². The molecule has 0 saturated heterocycles. The molecule has 1 fully saturated rings. The number of hydrogen-bond acceptors (Lipinski definition) is 3. The van der Waals surface area contributed by atoms with Crippen molar-refractivity contribution in [2.75, 3.05) is 19.8 Å². The first-order chi connectivity index (χ1) is 8.31. The second-order valence-electron chi connectivity index (χ2n) is 5.16. The molecule has 3 atom stereocenters. The maximum absolute atomic E-state index is 9.26. The average molecular weight is 243 g/mol. The molecule has 3 nitrogen and oxygen atoms in total. The fraction of sp³-hybridized carbons (Fsp3) is 1.00. The van der Waals surface area contributed by atoms with E-state index in [1.807, 2.05) is 0 Å². The van der Waals surface area contributed by atoms with E-state index >= 15 is 0 Å². The number of ether oxygens (including phenoxy) is 1. The molecule has 0 amide bonds. The van der Waals surface area contributed by atoms with Gasteiger partial charge in [0, 0.05) is 0 Å². The number of aliphatic hydroxyl groups is 1. The van der Waals surface area contributed by atoms with Gasteiger partial charge in [-0.15, -0.1) is 0 Å². The van der Waals surface area contributed by atoms with Gasteiger partial charge in [-0.1, -0.05) is 33.1 Å². The average Bonchev–Trinajstić information content (AvgIpc) is 2.39. The van der Waals surface area contributed by atoms with Gasteiger partial charge in [0.25, 0.3) is 0 Å². The van der Waals surface area contributed by atoms with Gasteiger partial charge in [0.1, 0.15) is 0 Å². The van der Waals surface area contributed by atoms with Gasteiger partial charge in [-0.05, 0) is 31.7 Å². The third-order valence-corrected chi connectivity index (χ3v) is 3.78. The normalized spacial score (nSPS) is 27.0. The Morgan fingerprint density at radius 3 is 2.71 bits per heavy atom. The molecule has 1 aliphatic rings. The second-order valence-corrected chi connectivity index (χ2v) is 5.16. The predicted octanol–water partition coefficient (Wildman–Crippen LogP) is 2.33. The lowest BCUT2D eigenvalue weighted by Crippen LogP contribution is -2.40. The van der Waals surface area contributed by atoms with Gasteiger partial charge < -0.3 is 15.2 Å². The van der Waals surface area contributed by atoms with E-state index in [1.54, 1.807) is 0 Å². The summed E-state index contributed by atoms with van der Waals surface area (Å²) >= 11 is 0. The van der Waals surface area contributed by atoms with Crippen molar-refractivity contribution in [1.29, 1.82) is 0 Å². The van der Waals surface area contributed by atoms with Crippen LogP contribution in [-0.2, 0) is 4.74 Å². The largest absolute Gasteiger partial charge is 0.395 e. The summed E-state index contributed by atoms with van der Waals surface area (Å²) in [6, 6.07) is 0.106. The third kappa shape index (κ3) is 5.36. The summed E-state index contributed by atoms with van der Waals surface area (Å²) in [6.07, 6.45) is 7.90. The molecule has 1 rings (SSSR count). The highest BCUT2D eigenvalue weighted by atomic mass is 16.5. The molecule has 1 aliphatic carbocycles. The summed E-state index contributed by atoms with van der Waals surface area (Å²) in [4.78, 5) is 0. The summed E-state index contributed by atoms with van der Waals surface area (Å²) in [5.74, 6) is 0.731. The second kappa shape index (κ2) is 8.90. The molecule has 0 spiro atoms. The SMILES string of the molecule is CCCNC(CO)COC1CCCCC1CC. The minimum Gasteiger partial charge on any atom is -0.395 e. The molecule has 2 N–H and O–H groups in total. The number of rotatable bonds is 8. The summed E-state index contributed by atoms with van der Waals surface area (Å²) < 4.78 is 6.01. The molecule has 0 aromatic rings. The molecule has 1 saturated carbocycles. The van der Waals surface area contributed by atoms with E-state index in [0.717, 1.165) is 18.9 Å². The van der Waals surface area contributed by atoms with E-state index in [9.17, 15) is 5.11 Å². The Bertz CT molecular complexity index is 187. The number of aliphatic hydroxyl groups excluding tert-OH is 1. The van der Waals surface area contributed by atoms with Crippen molar-refractivity contribution in [3.63, 3.8) is 0 Å². The van der Waals surface area contributed by atoms with Crippen molar-refractivity contribution < 1.29 is 9.84 Å². The monoisotopic (exact) mass is 243 g/mol. The molecular weight excluding hydrogens is 214 g/mol. The fourth-order valence-corrected chi connectivity index (χ4v) is 2.62. The molecule has 3 heteroatoms. The Hall–Kier alpha value is -0.120. The third-order valence-electron chi connectivity index (χ3n) is 3.78. The van der Waals surface area contributed by atoms with Gasteiger partial charge in [-0.2, -0.15) is 0 Å². The van der Waals surface area contributed by atoms with Crippen LogP contribution in [0, 0.1) is 5.92 Å². The van der Waals surface area contributed by atoms with Gasteiger partial charge in [0.2, 0.25) is 0 Å². The first kappa shape index (κ1) is 14.9. The molecule has 0 aliphatic heterocycles. The molecule has 0 heterocycles. The predicted molar refractivity (Wildman–Crippen MR) is 71.2 cm³/mol. The highest BCUT2D eigenvalue weighted by molar-refractivity contribution is 4.76. The van der Waals surface area contributed by atoms with Gasteiger partial charge in [-0.25, -0.2) is 0 Å². The lowest BCUT2D eigenvalue weighted by molar-refractivity contribution is -0.0270. The van der Waals surface area contributed by atoms with Crippen molar-refractivity contribution >= 4 is 0 Å². The molecular formula is C14H29NO2. The standard InChI is InChI=1S/C14H29NO2/c1-3-9-15-13(10-16)11-17-14-8-6-5-7-12(14)4-2/h12-16H,3-11H2,1-2H3. The summed E-state index contributed by atoms with van der Waals surface area (Å²) in [7, 11) is 0. The zero-order valence-corrected chi connectivity index (χ0v) is 11.5. The fourth-order valence-electron chi connectivity index (χ4n) is 2.62. The maximum atomic E-state index is 9.26. The quantitative estimate of drug-likeness (QED) is 0.687.